The third-order valence-corrected chi connectivity index (χ3v) is 3.80. The van der Waals surface area contributed by atoms with E-state index in [2.05, 4.69) is 20.3 Å². The summed E-state index contributed by atoms with van der Waals surface area (Å²) in [6.45, 7) is 0. The third kappa shape index (κ3) is 2.97. The van der Waals surface area contributed by atoms with E-state index in [4.69, 9.17) is 0 Å². The summed E-state index contributed by atoms with van der Waals surface area (Å²) in [7, 11) is 0. The number of aromatic nitrogens is 3. The first-order valence-electron chi connectivity index (χ1n) is 7.68. The number of fused-ring (bicyclic) bond motifs is 1. The Labute approximate surface area is 142 Å². The second-order valence-electron chi connectivity index (χ2n) is 5.47. The molecule has 0 amide bonds. The molecule has 25 heavy (non-hydrogen) atoms. The third-order valence-electron chi connectivity index (χ3n) is 3.80. The zero-order valence-corrected chi connectivity index (χ0v) is 13.0. The number of hydrogen-bond donors (Lipinski definition) is 2. The maximum Gasteiger partial charge on any atom is 0.262 e. The summed E-state index contributed by atoms with van der Waals surface area (Å²) in [5.41, 5.74) is 2.36. The summed E-state index contributed by atoms with van der Waals surface area (Å²) in [6.07, 6.45) is 1.62. The van der Waals surface area contributed by atoms with Crippen LogP contribution in [0.2, 0.25) is 0 Å². The Hall–Kier alpha value is -3.54. The highest BCUT2D eigenvalue weighted by molar-refractivity contribution is 5.92. The van der Waals surface area contributed by atoms with Gasteiger partial charge in [-0.15, -0.1) is 0 Å². The fourth-order valence-electron chi connectivity index (χ4n) is 2.65. The molecule has 122 valence electrons. The van der Waals surface area contributed by atoms with E-state index < -0.39 is 0 Å². The summed E-state index contributed by atoms with van der Waals surface area (Å²) in [5, 5.41) is 3.38. The number of hydrogen-bond acceptors (Lipinski definition) is 4. The molecular weight excluding hydrogens is 319 g/mol. The van der Waals surface area contributed by atoms with E-state index >= 15 is 0 Å². The normalized spacial score (nSPS) is 10.8. The Morgan fingerprint density at radius 2 is 1.72 bits per heavy atom. The molecule has 2 N–H and O–H groups in total. The maximum absolute atomic E-state index is 13.0. The largest absolute Gasteiger partial charge is 0.326 e. The van der Waals surface area contributed by atoms with Gasteiger partial charge >= 0.3 is 0 Å². The molecule has 0 bridgehead atoms. The molecule has 4 aromatic rings. The van der Waals surface area contributed by atoms with Crippen LogP contribution in [0.15, 0.2) is 71.7 Å². The van der Waals surface area contributed by atoms with E-state index in [0.717, 1.165) is 11.1 Å². The number of aromatic amines is 1. The number of rotatable bonds is 3. The van der Waals surface area contributed by atoms with Crippen molar-refractivity contribution in [2.45, 2.75) is 0 Å². The Morgan fingerprint density at radius 1 is 0.960 bits per heavy atom. The average molecular weight is 332 g/mol. The number of benzene rings is 2. The van der Waals surface area contributed by atoms with Crippen molar-refractivity contribution in [1.29, 1.82) is 0 Å². The molecule has 0 saturated heterocycles. The van der Waals surface area contributed by atoms with Gasteiger partial charge in [-0.05, 0) is 41.5 Å². The second-order valence-corrected chi connectivity index (χ2v) is 5.47. The summed E-state index contributed by atoms with van der Waals surface area (Å²) >= 11 is 0. The van der Waals surface area contributed by atoms with Crippen molar-refractivity contribution in [3.8, 4) is 11.1 Å². The molecule has 2 aromatic carbocycles. The van der Waals surface area contributed by atoms with Gasteiger partial charge in [-0.1, -0.05) is 30.3 Å². The molecule has 5 nitrogen and oxygen atoms in total. The highest BCUT2D eigenvalue weighted by Gasteiger charge is 2.11. The van der Waals surface area contributed by atoms with Gasteiger partial charge in [-0.3, -0.25) is 9.78 Å². The van der Waals surface area contributed by atoms with Crippen LogP contribution < -0.4 is 10.9 Å². The Balaban J connectivity index is 1.81. The molecular formula is C19H13FN4O. The van der Waals surface area contributed by atoms with Gasteiger partial charge in [0.1, 0.15) is 5.82 Å². The van der Waals surface area contributed by atoms with Crippen LogP contribution in [-0.4, -0.2) is 15.0 Å². The van der Waals surface area contributed by atoms with Crippen LogP contribution in [-0.2, 0) is 0 Å². The Bertz CT molecular complexity index is 1090. The minimum absolute atomic E-state index is 0.252. The monoisotopic (exact) mass is 332 g/mol. The van der Waals surface area contributed by atoms with Gasteiger partial charge in [0.05, 0.1) is 5.39 Å². The number of nitrogens with zero attached hydrogens (tertiary/aromatic N) is 2. The molecule has 6 heteroatoms. The number of halogens is 1. The van der Waals surface area contributed by atoms with E-state index in [1.165, 1.54) is 12.1 Å². The lowest BCUT2D eigenvalue weighted by Gasteiger charge is -2.08. The number of pyridine rings is 1. The molecule has 0 aliphatic heterocycles. The van der Waals surface area contributed by atoms with Crippen molar-refractivity contribution < 1.29 is 4.39 Å². The Kier molecular flexibility index (Phi) is 3.70. The molecule has 0 fully saturated rings. The highest BCUT2D eigenvalue weighted by atomic mass is 19.1. The van der Waals surface area contributed by atoms with Crippen molar-refractivity contribution in [2.24, 2.45) is 0 Å². The van der Waals surface area contributed by atoms with Gasteiger partial charge in [-0.25, -0.2) is 9.37 Å². The van der Waals surface area contributed by atoms with Crippen LogP contribution in [0.3, 0.4) is 0 Å². The van der Waals surface area contributed by atoms with Crippen molar-refractivity contribution in [3.63, 3.8) is 0 Å². The predicted molar refractivity (Wildman–Crippen MR) is 95.3 cm³/mol. The maximum atomic E-state index is 13.0. The van der Waals surface area contributed by atoms with Crippen LogP contribution in [0.1, 0.15) is 0 Å². The van der Waals surface area contributed by atoms with Gasteiger partial charge in [0.15, 0.2) is 5.65 Å². The molecule has 0 saturated carbocycles. The lowest BCUT2D eigenvalue weighted by atomic mass is 10.0. The molecule has 0 aliphatic carbocycles. The van der Waals surface area contributed by atoms with Gasteiger partial charge in [0.2, 0.25) is 5.95 Å². The average Bonchev–Trinajstić information content (AvgIpc) is 2.64. The molecule has 0 unspecified atom stereocenters. The first-order chi connectivity index (χ1) is 12.2. The summed E-state index contributed by atoms with van der Waals surface area (Å²) in [6, 6.07) is 17.2. The van der Waals surface area contributed by atoms with Gasteiger partial charge < -0.3 is 5.32 Å². The topological polar surface area (TPSA) is 70.7 Å². The van der Waals surface area contributed by atoms with Gasteiger partial charge in [0.25, 0.3) is 5.56 Å². The van der Waals surface area contributed by atoms with Crippen molar-refractivity contribution in [1.82, 2.24) is 15.0 Å². The van der Waals surface area contributed by atoms with Crippen LogP contribution >= 0.6 is 0 Å². The summed E-state index contributed by atoms with van der Waals surface area (Å²) in [4.78, 5) is 23.9. The Morgan fingerprint density at radius 3 is 2.48 bits per heavy atom. The smallest absolute Gasteiger partial charge is 0.262 e. The van der Waals surface area contributed by atoms with E-state index in [0.29, 0.717) is 16.7 Å². The van der Waals surface area contributed by atoms with Crippen molar-refractivity contribution in [3.05, 3.63) is 83.0 Å². The van der Waals surface area contributed by atoms with E-state index in [1.54, 1.807) is 24.4 Å². The first-order valence-corrected chi connectivity index (χ1v) is 7.68. The lowest BCUT2D eigenvalue weighted by Crippen LogP contribution is -2.13. The molecule has 2 aromatic heterocycles. The quantitative estimate of drug-likeness (QED) is 0.597. The van der Waals surface area contributed by atoms with Crippen LogP contribution in [0.25, 0.3) is 22.2 Å². The van der Waals surface area contributed by atoms with Crippen LogP contribution in [0.4, 0.5) is 16.0 Å². The van der Waals surface area contributed by atoms with Gasteiger partial charge in [0, 0.05) is 11.9 Å². The summed E-state index contributed by atoms with van der Waals surface area (Å²) in [5.74, 6) is -0.0819. The molecule has 0 radical (unpaired) electrons. The van der Waals surface area contributed by atoms with Crippen LogP contribution in [0, 0.1) is 5.82 Å². The van der Waals surface area contributed by atoms with Crippen molar-refractivity contribution >= 4 is 22.7 Å². The fourth-order valence-corrected chi connectivity index (χ4v) is 2.65. The number of H-pyrrole nitrogens is 1. The van der Waals surface area contributed by atoms with Crippen molar-refractivity contribution in [2.75, 3.05) is 5.32 Å². The molecule has 2 heterocycles. The van der Waals surface area contributed by atoms with E-state index in [1.807, 2.05) is 30.3 Å². The van der Waals surface area contributed by atoms with E-state index in [-0.39, 0.29) is 17.3 Å². The molecule has 0 spiro atoms. The molecule has 0 atom stereocenters. The summed E-state index contributed by atoms with van der Waals surface area (Å²) < 4.78 is 13.0. The zero-order valence-electron chi connectivity index (χ0n) is 13.0. The number of nitrogens with one attached hydrogen (secondary N) is 2. The van der Waals surface area contributed by atoms with E-state index in [9.17, 15) is 9.18 Å². The van der Waals surface area contributed by atoms with Crippen LogP contribution in [0.5, 0.6) is 0 Å². The lowest BCUT2D eigenvalue weighted by molar-refractivity contribution is 0.628. The molecule has 0 aliphatic rings. The fraction of sp³-hybridized carbons (Fsp3) is 0. The minimum atomic E-state index is -0.334. The SMILES string of the molecule is O=c1[nH]c(Nc2ccc(F)cc2)nc2nccc(-c3ccccc3)c12. The zero-order chi connectivity index (χ0) is 17.2. The van der Waals surface area contributed by atoms with Gasteiger partial charge in [-0.2, -0.15) is 4.98 Å². The standard InChI is InChI=1S/C19H13FN4O/c20-13-6-8-14(9-7-13)22-19-23-17-16(18(25)24-19)15(10-11-21-17)12-4-2-1-3-5-12/h1-11H,(H2,21,22,23,24,25). The minimum Gasteiger partial charge on any atom is -0.326 e. The predicted octanol–water partition coefficient (Wildman–Crippen LogP) is 3.87. The molecule has 4 rings (SSSR count). The highest BCUT2D eigenvalue weighted by Crippen LogP contribution is 2.24. The second kappa shape index (κ2) is 6.16. The number of anilines is 2. The first kappa shape index (κ1) is 15.0.